The minimum Gasteiger partial charge on any atom is -0.456 e. The highest BCUT2D eigenvalue weighted by molar-refractivity contribution is 6.00. The molecule has 4 heteroatoms. The highest BCUT2D eigenvalue weighted by Crippen LogP contribution is 2.73. The van der Waals surface area contributed by atoms with Gasteiger partial charge in [0.25, 0.3) is 0 Å². The number of furan rings is 1. The Morgan fingerprint density at radius 1 is 0.865 bits per heavy atom. The van der Waals surface area contributed by atoms with Crippen LogP contribution in [0.15, 0.2) is 71.1 Å². The second-order valence-corrected chi connectivity index (χ2v) is 12.0. The summed E-state index contributed by atoms with van der Waals surface area (Å²) in [6, 6.07) is 23.8. The molecule has 2 aliphatic carbocycles. The maximum Gasteiger partial charge on any atom is 0.250 e. The van der Waals surface area contributed by atoms with Gasteiger partial charge >= 0.3 is 0 Å². The van der Waals surface area contributed by atoms with Crippen LogP contribution in [0.1, 0.15) is 49.9 Å². The van der Waals surface area contributed by atoms with E-state index < -0.39 is 16.7 Å². The van der Waals surface area contributed by atoms with Crippen LogP contribution < -0.4 is 4.57 Å². The molecule has 3 aromatic carbocycles. The molecule has 3 aliphatic rings. The molecular formula is C33H30NO3+. The first-order valence-electron chi connectivity index (χ1n) is 13.1. The van der Waals surface area contributed by atoms with Crippen LogP contribution in [0.3, 0.4) is 0 Å². The molecule has 0 saturated heterocycles. The minimum atomic E-state index is -1.36. The molecule has 8 rings (SSSR count). The quantitative estimate of drug-likeness (QED) is 0.217. The van der Waals surface area contributed by atoms with Crippen molar-refractivity contribution in [2.75, 3.05) is 7.11 Å². The van der Waals surface area contributed by atoms with E-state index in [-0.39, 0.29) is 5.41 Å². The number of hydrogen-bond donors (Lipinski definition) is 1. The third-order valence-corrected chi connectivity index (χ3v) is 10.2. The first kappa shape index (κ1) is 21.6. The number of aromatic nitrogens is 1. The Morgan fingerprint density at radius 2 is 1.62 bits per heavy atom. The molecule has 2 aromatic heterocycles. The van der Waals surface area contributed by atoms with Gasteiger partial charge in [-0.05, 0) is 43.2 Å². The van der Waals surface area contributed by atoms with Crippen molar-refractivity contribution in [1.29, 1.82) is 0 Å². The number of aryl methyl sites for hydroxylation is 1. The molecule has 0 spiro atoms. The fraction of sp³-hybridized carbons (Fsp3) is 0.303. The van der Waals surface area contributed by atoms with Gasteiger partial charge in [-0.25, -0.2) is 0 Å². The summed E-state index contributed by atoms with van der Waals surface area (Å²) in [7, 11) is 1.62. The number of rotatable bonds is 1. The zero-order chi connectivity index (χ0) is 25.7. The standard InChI is InChI=1S/C33H30NO3/c1-18-11-15-23-19(17-18)12-16-24-26-22(31(4)32(5,34(23)24)33(31,35)36-6)14-13-21-27(26)29-28(30(21,2)3)20-9-7-8-10-25(20)37-29/h7-17,35H,1-6H3/q+1. The Morgan fingerprint density at radius 3 is 2.41 bits per heavy atom. The van der Waals surface area contributed by atoms with Crippen LogP contribution in [0.4, 0.5) is 0 Å². The summed E-state index contributed by atoms with van der Waals surface area (Å²) in [5, 5.41) is 14.4. The lowest BCUT2D eigenvalue weighted by molar-refractivity contribution is -0.718. The van der Waals surface area contributed by atoms with Crippen molar-refractivity contribution >= 4 is 21.9 Å². The molecule has 3 heterocycles. The zero-order valence-corrected chi connectivity index (χ0v) is 22.1. The van der Waals surface area contributed by atoms with Crippen molar-refractivity contribution in [3.05, 3.63) is 89.0 Å². The smallest absolute Gasteiger partial charge is 0.250 e. The summed E-state index contributed by atoms with van der Waals surface area (Å²) < 4.78 is 15.0. The molecule has 4 nitrogen and oxygen atoms in total. The van der Waals surface area contributed by atoms with Crippen LogP contribution in [0.25, 0.3) is 44.5 Å². The maximum absolute atomic E-state index is 12.1. The Bertz CT molecular complexity index is 1860. The Labute approximate surface area is 216 Å². The van der Waals surface area contributed by atoms with Gasteiger partial charge in [-0.15, -0.1) is 0 Å². The number of fused-ring (bicyclic) bond motifs is 14. The van der Waals surface area contributed by atoms with Crippen molar-refractivity contribution in [1.82, 2.24) is 0 Å². The third kappa shape index (κ3) is 2.02. The summed E-state index contributed by atoms with van der Waals surface area (Å²) in [6.07, 6.45) is 0. The normalized spacial score (nSPS) is 28.0. The van der Waals surface area contributed by atoms with Crippen LogP contribution >= 0.6 is 0 Å². The average Bonchev–Trinajstić information content (AvgIpc) is 3.16. The van der Waals surface area contributed by atoms with Gasteiger partial charge < -0.3 is 14.3 Å². The van der Waals surface area contributed by atoms with Gasteiger partial charge in [-0.1, -0.05) is 55.8 Å². The lowest BCUT2D eigenvalue weighted by atomic mass is 9.77. The molecule has 37 heavy (non-hydrogen) atoms. The number of benzene rings is 3. The summed E-state index contributed by atoms with van der Waals surface area (Å²) in [4.78, 5) is 0. The largest absolute Gasteiger partial charge is 0.456 e. The van der Waals surface area contributed by atoms with E-state index in [1.165, 1.54) is 22.1 Å². The van der Waals surface area contributed by atoms with E-state index in [0.29, 0.717) is 0 Å². The molecule has 184 valence electrons. The topological polar surface area (TPSA) is 46.5 Å². The Hall–Kier alpha value is -3.47. The summed E-state index contributed by atoms with van der Waals surface area (Å²) >= 11 is 0. The van der Waals surface area contributed by atoms with E-state index >= 15 is 0 Å². The molecule has 1 aliphatic heterocycles. The molecule has 1 fully saturated rings. The fourth-order valence-corrected chi connectivity index (χ4v) is 8.13. The first-order valence-corrected chi connectivity index (χ1v) is 13.1. The van der Waals surface area contributed by atoms with Crippen LogP contribution in [-0.4, -0.2) is 18.0 Å². The monoisotopic (exact) mass is 488 g/mol. The van der Waals surface area contributed by atoms with Crippen LogP contribution in [-0.2, 0) is 21.1 Å². The molecule has 5 aromatic rings. The van der Waals surface area contributed by atoms with Crippen molar-refractivity contribution < 1.29 is 18.8 Å². The van der Waals surface area contributed by atoms with Gasteiger partial charge in [0.15, 0.2) is 0 Å². The van der Waals surface area contributed by atoms with Crippen molar-refractivity contribution in [3.8, 4) is 22.6 Å². The maximum atomic E-state index is 12.1. The molecule has 3 unspecified atom stereocenters. The SMILES string of the molecule is COC1(O)C2(C)c3ccc4c(c3-c3ccc5cc(C)ccc5[n+]3C12C)-c1oc2ccccc2c1C4(C)C. The lowest BCUT2D eigenvalue weighted by Gasteiger charge is -2.27. The molecule has 0 amide bonds. The number of aliphatic hydroxyl groups is 1. The van der Waals surface area contributed by atoms with Crippen molar-refractivity contribution in [3.63, 3.8) is 0 Å². The third-order valence-electron chi connectivity index (χ3n) is 10.2. The summed E-state index contributed by atoms with van der Waals surface area (Å²) in [6.45, 7) is 11.0. The predicted molar refractivity (Wildman–Crippen MR) is 145 cm³/mol. The van der Waals surface area contributed by atoms with E-state index in [1.54, 1.807) is 7.11 Å². The number of para-hydroxylation sites is 1. The molecule has 0 radical (unpaired) electrons. The second-order valence-electron chi connectivity index (χ2n) is 12.0. The number of methoxy groups -OCH3 is 1. The fourth-order valence-electron chi connectivity index (χ4n) is 8.13. The molecule has 0 bridgehead atoms. The van der Waals surface area contributed by atoms with Crippen molar-refractivity contribution in [2.24, 2.45) is 0 Å². The first-order chi connectivity index (χ1) is 17.6. The minimum absolute atomic E-state index is 0.214. The van der Waals surface area contributed by atoms with E-state index in [4.69, 9.17) is 9.15 Å². The number of pyridine rings is 1. The van der Waals surface area contributed by atoms with Crippen LogP contribution in [0.2, 0.25) is 0 Å². The van der Waals surface area contributed by atoms with Crippen LogP contribution in [0.5, 0.6) is 0 Å². The number of nitrogens with zero attached hydrogens (tertiary/aromatic N) is 1. The Balaban J connectivity index is 1.58. The summed E-state index contributed by atoms with van der Waals surface area (Å²) in [5.41, 5.74) is 8.65. The van der Waals surface area contributed by atoms with E-state index in [0.717, 1.165) is 44.6 Å². The number of ether oxygens (including phenoxy) is 1. The predicted octanol–water partition coefficient (Wildman–Crippen LogP) is 6.49. The molecular weight excluding hydrogens is 458 g/mol. The van der Waals surface area contributed by atoms with E-state index in [1.807, 2.05) is 6.07 Å². The Kier molecular flexibility index (Phi) is 3.59. The summed E-state index contributed by atoms with van der Waals surface area (Å²) in [5.74, 6) is -0.412. The zero-order valence-electron chi connectivity index (χ0n) is 22.1. The van der Waals surface area contributed by atoms with Gasteiger partial charge in [0.1, 0.15) is 16.8 Å². The molecule has 1 saturated carbocycles. The van der Waals surface area contributed by atoms with Crippen LogP contribution in [0, 0.1) is 6.92 Å². The highest BCUT2D eigenvalue weighted by Gasteiger charge is 2.94. The van der Waals surface area contributed by atoms with E-state index in [2.05, 4.69) is 99.8 Å². The van der Waals surface area contributed by atoms with Gasteiger partial charge in [-0.3, -0.25) is 0 Å². The van der Waals surface area contributed by atoms with Gasteiger partial charge in [0.05, 0.1) is 5.56 Å². The molecule has 1 N–H and O–H groups in total. The van der Waals surface area contributed by atoms with Gasteiger partial charge in [0, 0.05) is 53.5 Å². The number of hydrogen-bond acceptors (Lipinski definition) is 3. The lowest BCUT2D eigenvalue weighted by Crippen LogP contribution is -2.55. The van der Waals surface area contributed by atoms with Gasteiger partial charge in [-0.2, -0.15) is 4.57 Å². The molecule has 3 atom stereocenters. The highest BCUT2D eigenvalue weighted by atomic mass is 16.6. The average molecular weight is 489 g/mol. The van der Waals surface area contributed by atoms with E-state index in [9.17, 15) is 5.11 Å². The second kappa shape index (κ2) is 6.15. The van der Waals surface area contributed by atoms with Crippen molar-refractivity contribution in [2.45, 2.75) is 56.8 Å². The van der Waals surface area contributed by atoms with Gasteiger partial charge in [0.2, 0.25) is 22.5 Å².